The SMILES string of the molecule is COC(=O)c1ccccc1NS(=O)(=O)c1cc(Cl)sc1Cl. The van der Waals surface area contributed by atoms with Gasteiger partial charge in [-0.2, -0.15) is 0 Å². The Morgan fingerprint density at radius 3 is 2.52 bits per heavy atom. The minimum atomic E-state index is -3.95. The van der Waals surface area contributed by atoms with E-state index >= 15 is 0 Å². The zero-order valence-corrected chi connectivity index (χ0v) is 13.7. The number of para-hydroxylation sites is 1. The Kier molecular flexibility index (Phi) is 4.77. The molecule has 1 N–H and O–H groups in total. The van der Waals surface area contributed by atoms with Gasteiger partial charge in [-0.25, -0.2) is 13.2 Å². The zero-order valence-electron chi connectivity index (χ0n) is 10.6. The number of sulfonamides is 1. The Bertz CT molecular complexity index is 786. The van der Waals surface area contributed by atoms with Gasteiger partial charge in [-0.15, -0.1) is 11.3 Å². The number of anilines is 1. The fraction of sp³-hybridized carbons (Fsp3) is 0.0833. The van der Waals surface area contributed by atoms with Crippen LogP contribution in [0.2, 0.25) is 8.67 Å². The van der Waals surface area contributed by atoms with Crippen molar-refractivity contribution in [2.24, 2.45) is 0 Å². The second kappa shape index (κ2) is 6.23. The van der Waals surface area contributed by atoms with E-state index in [1.54, 1.807) is 12.1 Å². The minimum Gasteiger partial charge on any atom is -0.465 e. The molecule has 21 heavy (non-hydrogen) atoms. The third-order valence-corrected chi connectivity index (χ3v) is 5.61. The summed E-state index contributed by atoms with van der Waals surface area (Å²) in [5, 5.41) is 0. The van der Waals surface area contributed by atoms with Gasteiger partial charge in [-0.3, -0.25) is 4.72 Å². The van der Waals surface area contributed by atoms with Gasteiger partial charge in [0.25, 0.3) is 10.0 Å². The van der Waals surface area contributed by atoms with Crippen molar-refractivity contribution in [3.05, 3.63) is 44.6 Å². The number of hydrogen-bond acceptors (Lipinski definition) is 5. The molecule has 0 aliphatic rings. The van der Waals surface area contributed by atoms with E-state index in [0.717, 1.165) is 11.3 Å². The number of halogens is 2. The molecule has 0 atom stereocenters. The Labute approximate surface area is 135 Å². The molecule has 0 amide bonds. The van der Waals surface area contributed by atoms with E-state index in [2.05, 4.69) is 9.46 Å². The molecule has 0 saturated heterocycles. The molecule has 1 aromatic carbocycles. The lowest BCUT2D eigenvalue weighted by Crippen LogP contribution is -2.15. The molecule has 112 valence electrons. The molecular formula is C12H9Cl2NO4S2. The van der Waals surface area contributed by atoms with Crippen LogP contribution in [0.4, 0.5) is 5.69 Å². The Hall–Kier alpha value is -1.28. The standard InChI is InChI=1S/C12H9Cl2NO4S2/c1-19-12(16)7-4-2-3-5-8(7)15-21(17,18)9-6-10(13)20-11(9)14/h2-6,15H,1H3. The Balaban J connectivity index is 2.42. The molecule has 0 unspecified atom stereocenters. The topological polar surface area (TPSA) is 72.5 Å². The van der Waals surface area contributed by atoms with Gasteiger partial charge in [0.05, 0.1) is 22.7 Å². The summed E-state index contributed by atoms with van der Waals surface area (Å²) >= 11 is 12.5. The highest BCUT2D eigenvalue weighted by molar-refractivity contribution is 7.93. The number of methoxy groups -OCH3 is 1. The van der Waals surface area contributed by atoms with E-state index in [1.165, 1.54) is 25.3 Å². The van der Waals surface area contributed by atoms with Crippen molar-refractivity contribution >= 4 is 56.2 Å². The second-order valence-corrected chi connectivity index (χ2v) is 7.77. The van der Waals surface area contributed by atoms with Crippen LogP contribution in [0.5, 0.6) is 0 Å². The smallest absolute Gasteiger partial charge is 0.339 e. The van der Waals surface area contributed by atoms with Gasteiger partial charge in [-0.1, -0.05) is 35.3 Å². The van der Waals surface area contributed by atoms with Crippen LogP contribution in [-0.4, -0.2) is 21.5 Å². The van der Waals surface area contributed by atoms with Crippen LogP contribution >= 0.6 is 34.5 Å². The highest BCUT2D eigenvalue weighted by Gasteiger charge is 2.23. The molecule has 0 radical (unpaired) electrons. The van der Waals surface area contributed by atoms with Crippen molar-refractivity contribution in [1.29, 1.82) is 0 Å². The summed E-state index contributed by atoms with van der Waals surface area (Å²) in [6.07, 6.45) is 0. The van der Waals surface area contributed by atoms with Gasteiger partial charge in [0, 0.05) is 0 Å². The largest absolute Gasteiger partial charge is 0.465 e. The number of nitrogens with one attached hydrogen (secondary N) is 1. The molecule has 0 bridgehead atoms. The third-order valence-electron chi connectivity index (χ3n) is 2.49. The van der Waals surface area contributed by atoms with Crippen molar-refractivity contribution in [3.63, 3.8) is 0 Å². The number of benzene rings is 1. The lowest BCUT2D eigenvalue weighted by molar-refractivity contribution is 0.0602. The summed E-state index contributed by atoms with van der Waals surface area (Å²) < 4.78 is 31.8. The number of hydrogen-bond donors (Lipinski definition) is 1. The molecule has 1 aromatic heterocycles. The third kappa shape index (κ3) is 3.49. The highest BCUT2D eigenvalue weighted by Crippen LogP contribution is 2.35. The first-order valence-electron chi connectivity index (χ1n) is 5.50. The summed E-state index contributed by atoms with van der Waals surface area (Å²) in [4.78, 5) is 11.5. The van der Waals surface area contributed by atoms with Crippen LogP contribution in [0.3, 0.4) is 0 Å². The number of ether oxygens (including phenoxy) is 1. The van der Waals surface area contributed by atoms with Gasteiger partial charge in [-0.05, 0) is 18.2 Å². The number of thiophene rings is 1. The van der Waals surface area contributed by atoms with E-state index in [0.29, 0.717) is 0 Å². The maximum atomic E-state index is 12.3. The normalized spacial score (nSPS) is 11.2. The lowest BCUT2D eigenvalue weighted by atomic mass is 10.2. The van der Waals surface area contributed by atoms with Crippen molar-refractivity contribution in [3.8, 4) is 0 Å². The first kappa shape index (κ1) is 16.1. The first-order valence-corrected chi connectivity index (χ1v) is 8.55. The predicted octanol–water partition coefficient (Wildman–Crippen LogP) is 3.64. The highest BCUT2D eigenvalue weighted by atomic mass is 35.5. The molecule has 0 spiro atoms. The lowest BCUT2D eigenvalue weighted by Gasteiger charge is -2.10. The fourth-order valence-electron chi connectivity index (χ4n) is 1.57. The van der Waals surface area contributed by atoms with E-state index in [9.17, 15) is 13.2 Å². The van der Waals surface area contributed by atoms with Gasteiger partial charge in [0.2, 0.25) is 0 Å². The maximum Gasteiger partial charge on any atom is 0.339 e. The van der Waals surface area contributed by atoms with Crippen molar-refractivity contribution in [1.82, 2.24) is 0 Å². The second-order valence-electron chi connectivity index (χ2n) is 3.83. The quantitative estimate of drug-likeness (QED) is 0.839. The van der Waals surface area contributed by atoms with E-state index < -0.39 is 16.0 Å². The van der Waals surface area contributed by atoms with E-state index in [4.69, 9.17) is 23.2 Å². The summed E-state index contributed by atoms with van der Waals surface area (Å²) in [6.45, 7) is 0. The fourth-order valence-corrected chi connectivity index (χ4v) is 4.80. The summed E-state index contributed by atoms with van der Waals surface area (Å²) in [5.41, 5.74) is 0.198. The number of carbonyl (C=O) groups excluding carboxylic acids is 1. The van der Waals surface area contributed by atoms with Crippen molar-refractivity contribution in [2.45, 2.75) is 4.90 Å². The molecule has 1 heterocycles. The average molecular weight is 366 g/mol. The van der Waals surface area contributed by atoms with Crippen molar-refractivity contribution < 1.29 is 17.9 Å². The molecule has 0 fully saturated rings. The average Bonchev–Trinajstić information content (AvgIpc) is 2.78. The zero-order chi connectivity index (χ0) is 15.6. The van der Waals surface area contributed by atoms with Gasteiger partial charge in [0.15, 0.2) is 0 Å². The Morgan fingerprint density at radius 1 is 1.29 bits per heavy atom. The maximum absolute atomic E-state index is 12.3. The van der Waals surface area contributed by atoms with Crippen LogP contribution < -0.4 is 4.72 Å². The summed E-state index contributed by atoms with van der Waals surface area (Å²) in [6, 6.07) is 7.33. The van der Waals surface area contributed by atoms with Gasteiger partial charge in [0.1, 0.15) is 9.23 Å². The predicted molar refractivity (Wildman–Crippen MR) is 82.9 cm³/mol. The number of carbonyl (C=O) groups is 1. The minimum absolute atomic E-state index is 0.0445. The van der Waals surface area contributed by atoms with E-state index in [1.807, 2.05) is 0 Å². The van der Waals surface area contributed by atoms with Crippen LogP contribution in [0, 0.1) is 0 Å². The molecule has 0 aliphatic carbocycles. The molecule has 2 aromatic rings. The number of rotatable bonds is 4. The monoisotopic (exact) mass is 365 g/mol. The molecule has 5 nitrogen and oxygen atoms in total. The number of esters is 1. The molecule has 0 saturated carbocycles. The van der Waals surface area contributed by atoms with Crippen LogP contribution in [0.15, 0.2) is 35.2 Å². The van der Waals surface area contributed by atoms with E-state index in [-0.39, 0.29) is 24.8 Å². The van der Waals surface area contributed by atoms with Crippen LogP contribution in [0.1, 0.15) is 10.4 Å². The van der Waals surface area contributed by atoms with Crippen molar-refractivity contribution in [2.75, 3.05) is 11.8 Å². The first-order chi connectivity index (χ1) is 9.85. The molecule has 9 heteroatoms. The van der Waals surface area contributed by atoms with Gasteiger partial charge < -0.3 is 4.74 Å². The molecule has 2 rings (SSSR count). The summed E-state index contributed by atoms with van der Waals surface area (Å²) in [5.74, 6) is -0.650. The van der Waals surface area contributed by atoms with Crippen LogP contribution in [-0.2, 0) is 14.8 Å². The molecule has 0 aliphatic heterocycles. The Morgan fingerprint density at radius 2 is 1.95 bits per heavy atom. The van der Waals surface area contributed by atoms with Crippen LogP contribution in [0.25, 0.3) is 0 Å². The van der Waals surface area contributed by atoms with Gasteiger partial charge >= 0.3 is 5.97 Å². The summed E-state index contributed by atoms with van der Waals surface area (Å²) in [7, 11) is -2.74. The molecular weight excluding hydrogens is 357 g/mol.